The zero-order valence-electron chi connectivity index (χ0n) is 21.4. The van der Waals surface area contributed by atoms with E-state index in [4.69, 9.17) is 14.2 Å². The molecule has 0 saturated carbocycles. The maximum Gasteiger partial charge on any atom is 0.295 e. The molecule has 1 heterocycles. The Labute approximate surface area is 221 Å². The third-order valence-corrected chi connectivity index (χ3v) is 6.15. The summed E-state index contributed by atoms with van der Waals surface area (Å²) in [6, 6.07) is 19.0. The van der Waals surface area contributed by atoms with Gasteiger partial charge in [0.05, 0.1) is 24.8 Å². The van der Waals surface area contributed by atoms with Gasteiger partial charge in [-0.05, 0) is 53.9 Å². The number of methoxy groups -OCH3 is 1. The van der Waals surface area contributed by atoms with Crippen LogP contribution in [0.5, 0.6) is 11.5 Å². The van der Waals surface area contributed by atoms with Crippen LogP contribution in [0.4, 0.5) is 4.39 Å². The largest absolute Gasteiger partial charge is 0.507 e. The van der Waals surface area contributed by atoms with E-state index in [0.717, 1.165) is 12.0 Å². The molecule has 1 saturated heterocycles. The van der Waals surface area contributed by atoms with Gasteiger partial charge in [-0.15, -0.1) is 0 Å². The van der Waals surface area contributed by atoms with E-state index in [9.17, 15) is 19.1 Å². The van der Waals surface area contributed by atoms with Crippen LogP contribution in [0.25, 0.3) is 5.76 Å². The highest BCUT2D eigenvalue weighted by molar-refractivity contribution is 6.46. The van der Waals surface area contributed by atoms with E-state index < -0.39 is 17.7 Å². The predicted octanol–water partition coefficient (Wildman–Crippen LogP) is 5.26. The van der Waals surface area contributed by atoms with E-state index in [1.54, 1.807) is 60.7 Å². The molecule has 0 spiro atoms. The Bertz CT molecular complexity index is 1320. The summed E-state index contributed by atoms with van der Waals surface area (Å²) in [5, 5.41) is 11.3. The molecular weight excluding hydrogens is 489 g/mol. The lowest BCUT2D eigenvalue weighted by Gasteiger charge is -2.25. The Morgan fingerprint density at radius 2 is 1.66 bits per heavy atom. The fourth-order valence-corrected chi connectivity index (χ4v) is 4.28. The summed E-state index contributed by atoms with van der Waals surface area (Å²) in [5.74, 6) is -1.06. The zero-order valence-corrected chi connectivity index (χ0v) is 21.4. The van der Waals surface area contributed by atoms with E-state index in [0.29, 0.717) is 29.2 Å². The van der Waals surface area contributed by atoms with Crippen molar-refractivity contribution in [3.8, 4) is 11.5 Å². The van der Waals surface area contributed by atoms with Crippen LogP contribution in [-0.2, 0) is 20.9 Å². The molecule has 1 aliphatic rings. The highest BCUT2D eigenvalue weighted by atomic mass is 19.1. The minimum absolute atomic E-state index is 0.0190. The molecule has 1 fully saturated rings. The molecule has 3 aromatic carbocycles. The molecule has 1 N–H and O–H groups in total. The average molecular weight is 520 g/mol. The third kappa shape index (κ3) is 6.03. The van der Waals surface area contributed by atoms with Gasteiger partial charge in [0.1, 0.15) is 29.7 Å². The van der Waals surface area contributed by atoms with Gasteiger partial charge in [0, 0.05) is 19.2 Å². The number of nitrogens with zero attached hydrogens (tertiary/aromatic N) is 1. The number of ketones is 1. The molecule has 0 bridgehead atoms. The summed E-state index contributed by atoms with van der Waals surface area (Å²) in [5.41, 5.74) is 1.73. The van der Waals surface area contributed by atoms with Crippen molar-refractivity contribution >= 4 is 17.4 Å². The fourth-order valence-electron chi connectivity index (χ4n) is 4.28. The number of halogens is 1. The van der Waals surface area contributed by atoms with Crippen LogP contribution in [0.3, 0.4) is 0 Å². The summed E-state index contributed by atoms with van der Waals surface area (Å²) in [7, 11) is 1.51. The van der Waals surface area contributed by atoms with Crippen molar-refractivity contribution in [1.29, 1.82) is 0 Å². The van der Waals surface area contributed by atoms with Crippen molar-refractivity contribution in [2.75, 3.05) is 26.9 Å². The Morgan fingerprint density at radius 1 is 0.947 bits per heavy atom. The Hall–Kier alpha value is -4.17. The molecule has 4 rings (SSSR count). The van der Waals surface area contributed by atoms with Crippen LogP contribution in [-0.4, -0.2) is 48.6 Å². The topological polar surface area (TPSA) is 85.3 Å². The third-order valence-electron chi connectivity index (χ3n) is 6.15. The minimum atomic E-state index is -0.847. The molecule has 1 aliphatic heterocycles. The molecule has 3 aromatic rings. The molecule has 0 aliphatic carbocycles. The maximum absolute atomic E-state index is 13.2. The predicted molar refractivity (Wildman–Crippen MR) is 140 cm³/mol. The standard InChI is InChI=1S/C30H30FNO6/c1-3-15-37-24-8-5-7-22(18-24)28(33)26-27(32(14-16-36-2)30(35)29(26)34)21-6-4-9-25(17-21)38-19-20-10-12-23(31)13-11-20/h4-13,17-18,27,33H,3,14-16,19H2,1-2H3/b28-26-. The number of hydrogen-bond acceptors (Lipinski definition) is 6. The first-order valence-corrected chi connectivity index (χ1v) is 12.4. The van der Waals surface area contributed by atoms with Crippen molar-refractivity contribution < 1.29 is 33.3 Å². The number of carbonyl (C=O) groups is 2. The van der Waals surface area contributed by atoms with Gasteiger partial charge >= 0.3 is 0 Å². The monoisotopic (exact) mass is 519 g/mol. The highest BCUT2D eigenvalue weighted by Crippen LogP contribution is 2.40. The summed E-state index contributed by atoms with van der Waals surface area (Å²) in [6.45, 7) is 3.07. The molecule has 7 nitrogen and oxygen atoms in total. The molecule has 0 radical (unpaired) electrons. The van der Waals surface area contributed by atoms with Crippen molar-refractivity contribution in [2.24, 2.45) is 0 Å². The normalized spacial score (nSPS) is 16.6. The van der Waals surface area contributed by atoms with Crippen LogP contribution in [0.15, 0.2) is 78.4 Å². The van der Waals surface area contributed by atoms with Gasteiger partial charge in [0.15, 0.2) is 0 Å². The van der Waals surface area contributed by atoms with Gasteiger partial charge < -0.3 is 24.2 Å². The summed E-state index contributed by atoms with van der Waals surface area (Å²) >= 11 is 0. The number of aliphatic hydroxyl groups excluding tert-OH is 1. The van der Waals surface area contributed by atoms with Crippen molar-refractivity contribution in [3.05, 3.63) is 101 Å². The summed E-state index contributed by atoms with van der Waals surface area (Å²) < 4.78 is 30.0. The summed E-state index contributed by atoms with van der Waals surface area (Å²) in [4.78, 5) is 27.7. The number of amides is 1. The van der Waals surface area contributed by atoms with Crippen molar-refractivity contribution in [3.63, 3.8) is 0 Å². The van der Waals surface area contributed by atoms with Gasteiger partial charge in [-0.1, -0.05) is 43.3 Å². The Balaban J connectivity index is 1.71. The second-order valence-electron chi connectivity index (χ2n) is 8.85. The Kier molecular flexibility index (Phi) is 8.76. The van der Waals surface area contributed by atoms with Gasteiger partial charge in [0.2, 0.25) is 0 Å². The maximum atomic E-state index is 13.2. The van der Waals surface area contributed by atoms with Crippen molar-refractivity contribution in [2.45, 2.75) is 26.0 Å². The van der Waals surface area contributed by atoms with Gasteiger partial charge in [-0.3, -0.25) is 9.59 Å². The van der Waals surface area contributed by atoms with E-state index >= 15 is 0 Å². The lowest BCUT2D eigenvalue weighted by molar-refractivity contribution is -0.140. The number of ether oxygens (including phenoxy) is 3. The van der Waals surface area contributed by atoms with E-state index in [1.165, 1.54) is 24.1 Å². The molecule has 1 atom stereocenters. The first kappa shape index (κ1) is 26.9. The fraction of sp³-hybridized carbons (Fsp3) is 0.267. The van der Waals surface area contributed by atoms with E-state index in [2.05, 4.69) is 0 Å². The Morgan fingerprint density at radius 3 is 2.37 bits per heavy atom. The van der Waals surface area contributed by atoms with Crippen LogP contribution in [0.1, 0.15) is 36.1 Å². The van der Waals surface area contributed by atoms with Crippen LogP contribution < -0.4 is 9.47 Å². The number of rotatable bonds is 11. The van der Waals surface area contributed by atoms with Crippen molar-refractivity contribution in [1.82, 2.24) is 4.90 Å². The lowest BCUT2D eigenvalue weighted by Crippen LogP contribution is -2.32. The number of hydrogen-bond donors (Lipinski definition) is 1. The lowest BCUT2D eigenvalue weighted by atomic mass is 9.95. The molecular formula is C30H30FNO6. The van der Waals surface area contributed by atoms with Gasteiger partial charge in [0.25, 0.3) is 11.7 Å². The molecule has 0 aromatic heterocycles. The average Bonchev–Trinajstić information content (AvgIpc) is 3.19. The quantitative estimate of drug-likeness (QED) is 0.211. The summed E-state index contributed by atoms with van der Waals surface area (Å²) in [6.07, 6.45) is 0.820. The number of likely N-dealkylation sites (tertiary alicyclic amines) is 1. The smallest absolute Gasteiger partial charge is 0.295 e. The zero-order chi connectivity index (χ0) is 27.1. The second kappa shape index (κ2) is 12.4. The second-order valence-corrected chi connectivity index (χ2v) is 8.85. The molecule has 198 valence electrons. The van der Waals surface area contributed by atoms with Gasteiger partial charge in [-0.2, -0.15) is 0 Å². The molecule has 1 amide bonds. The van der Waals surface area contributed by atoms with E-state index in [-0.39, 0.29) is 36.9 Å². The highest BCUT2D eigenvalue weighted by Gasteiger charge is 2.46. The molecule has 38 heavy (non-hydrogen) atoms. The number of Topliss-reactive ketones (excluding diaryl/α,β-unsaturated/α-hetero) is 1. The first-order chi connectivity index (χ1) is 18.4. The van der Waals surface area contributed by atoms with Crippen LogP contribution in [0, 0.1) is 5.82 Å². The van der Waals surface area contributed by atoms with Gasteiger partial charge in [-0.25, -0.2) is 4.39 Å². The number of benzene rings is 3. The molecule has 1 unspecified atom stereocenters. The van der Waals surface area contributed by atoms with Crippen LogP contribution in [0.2, 0.25) is 0 Å². The minimum Gasteiger partial charge on any atom is -0.507 e. The van der Waals surface area contributed by atoms with E-state index in [1.807, 2.05) is 6.92 Å². The first-order valence-electron chi connectivity index (χ1n) is 12.4. The molecule has 8 heteroatoms. The number of aliphatic hydroxyl groups is 1. The number of carbonyl (C=O) groups excluding carboxylic acids is 2. The SMILES string of the molecule is CCCOc1cccc(/C(O)=C2/C(=O)C(=O)N(CCOC)C2c2cccc(OCc3ccc(F)cc3)c2)c1. The van der Waals surface area contributed by atoms with Crippen LogP contribution >= 0.6 is 0 Å².